The van der Waals surface area contributed by atoms with E-state index in [9.17, 15) is 9.50 Å². The van der Waals surface area contributed by atoms with Gasteiger partial charge in [-0.25, -0.2) is 9.38 Å². The monoisotopic (exact) mass is 396 g/mol. The van der Waals surface area contributed by atoms with Crippen LogP contribution in [0.1, 0.15) is 42.4 Å². The summed E-state index contributed by atoms with van der Waals surface area (Å²) in [5, 5.41) is 12.9. The number of hydrogen-bond acceptors (Lipinski definition) is 3. The quantitative estimate of drug-likeness (QED) is 0.545. The lowest BCUT2D eigenvalue weighted by Gasteiger charge is -2.31. The molecule has 0 unspecified atom stereocenters. The summed E-state index contributed by atoms with van der Waals surface area (Å²) in [6, 6.07) is 11.5. The second-order valence-electron chi connectivity index (χ2n) is 7.98. The van der Waals surface area contributed by atoms with E-state index in [0.717, 1.165) is 24.1 Å². The van der Waals surface area contributed by atoms with E-state index in [1.807, 2.05) is 23.1 Å². The number of aliphatic imine (C=N–C) groups is 1. The molecule has 4 N–H and O–H groups in total. The Morgan fingerprint density at radius 3 is 2.76 bits per heavy atom. The van der Waals surface area contributed by atoms with Crippen molar-refractivity contribution >= 4 is 17.3 Å². The van der Waals surface area contributed by atoms with Crippen LogP contribution in [-0.4, -0.2) is 30.3 Å². The van der Waals surface area contributed by atoms with Crippen LogP contribution in [0, 0.1) is 5.82 Å². The van der Waals surface area contributed by atoms with E-state index in [-0.39, 0.29) is 11.9 Å². The molecule has 0 spiro atoms. The number of nitrogens with zero attached hydrogens (tertiary/aromatic N) is 2. The molecule has 1 saturated heterocycles. The van der Waals surface area contributed by atoms with E-state index >= 15 is 0 Å². The molecule has 2 aromatic rings. The molecule has 1 aliphatic heterocycles. The molecule has 2 aliphatic rings. The highest BCUT2D eigenvalue weighted by molar-refractivity contribution is 5.93. The molecule has 154 valence electrons. The minimum atomic E-state index is -0.270. The Kier molecular flexibility index (Phi) is 6.00. The number of piperidine rings is 1. The minimum absolute atomic E-state index is 0.252. The van der Waals surface area contributed by atoms with Gasteiger partial charge in [0.1, 0.15) is 5.82 Å². The summed E-state index contributed by atoms with van der Waals surface area (Å²) in [4.78, 5) is 6.39. The van der Waals surface area contributed by atoms with Gasteiger partial charge in [0, 0.05) is 18.8 Å². The third kappa shape index (κ3) is 4.70. The number of aliphatic hydroxyl groups excluding tert-OH is 1. The van der Waals surface area contributed by atoms with Crippen molar-refractivity contribution in [3.05, 3.63) is 58.9 Å². The third-order valence-electron chi connectivity index (χ3n) is 5.91. The van der Waals surface area contributed by atoms with Crippen LogP contribution < -0.4 is 16.0 Å². The predicted molar refractivity (Wildman–Crippen MR) is 116 cm³/mol. The van der Waals surface area contributed by atoms with Crippen molar-refractivity contribution in [2.45, 2.75) is 51.2 Å². The highest BCUT2D eigenvalue weighted by Crippen LogP contribution is 2.28. The fraction of sp³-hybridized carbons (Fsp3) is 0.435. The van der Waals surface area contributed by atoms with Crippen LogP contribution in [0.4, 0.5) is 15.8 Å². The van der Waals surface area contributed by atoms with E-state index in [1.54, 1.807) is 6.07 Å². The van der Waals surface area contributed by atoms with Gasteiger partial charge in [0.05, 0.1) is 18.3 Å². The first-order chi connectivity index (χ1) is 14.1. The molecule has 0 saturated carbocycles. The number of nitrogens with two attached hydrogens (primary N) is 1. The van der Waals surface area contributed by atoms with Crippen molar-refractivity contribution in [2.24, 2.45) is 10.7 Å². The lowest BCUT2D eigenvalue weighted by atomic mass is 9.90. The zero-order chi connectivity index (χ0) is 20.2. The smallest absolute Gasteiger partial charge is 0.193 e. The van der Waals surface area contributed by atoms with Crippen LogP contribution in [0.25, 0.3) is 0 Å². The van der Waals surface area contributed by atoms with Gasteiger partial charge in [0.15, 0.2) is 5.96 Å². The van der Waals surface area contributed by atoms with Gasteiger partial charge in [-0.1, -0.05) is 18.2 Å². The molecule has 5 nitrogen and oxygen atoms in total. The number of rotatable bonds is 4. The molecule has 29 heavy (non-hydrogen) atoms. The SMILES string of the molecule is NC(=NCc1ccc(N2CCC(O)CC2)c(F)c1)Nc1cccc2c1CCCC2. The zero-order valence-corrected chi connectivity index (χ0v) is 16.7. The lowest BCUT2D eigenvalue weighted by Crippen LogP contribution is -2.36. The molecule has 1 aliphatic carbocycles. The Labute approximate surface area is 171 Å². The summed E-state index contributed by atoms with van der Waals surface area (Å²) in [7, 11) is 0. The first-order valence-corrected chi connectivity index (χ1v) is 10.5. The van der Waals surface area contributed by atoms with Gasteiger partial charge in [0.2, 0.25) is 0 Å². The maximum atomic E-state index is 14.6. The van der Waals surface area contributed by atoms with Crippen LogP contribution in [0.2, 0.25) is 0 Å². The number of guanidine groups is 1. The number of aryl methyl sites for hydroxylation is 1. The van der Waals surface area contributed by atoms with Gasteiger partial charge in [-0.05, 0) is 73.4 Å². The van der Waals surface area contributed by atoms with Gasteiger partial charge < -0.3 is 21.1 Å². The number of halogens is 1. The summed E-state index contributed by atoms with van der Waals surface area (Å²) < 4.78 is 14.6. The first kappa shape index (κ1) is 19.7. The van der Waals surface area contributed by atoms with Crippen molar-refractivity contribution < 1.29 is 9.50 Å². The Morgan fingerprint density at radius 2 is 1.97 bits per heavy atom. The van der Waals surface area contributed by atoms with Gasteiger partial charge >= 0.3 is 0 Å². The van der Waals surface area contributed by atoms with Gasteiger partial charge in [-0.2, -0.15) is 0 Å². The van der Waals surface area contributed by atoms with Crippen LogP contribution >= 0.6 is 0 Å². The van der Waals surface area contributed by atoms with E-state index < -0.39 is 0 Å². The molecule has 1 heterocycles. The number of anilines is 2. The van der Waals surface area contributed by atoms with Crippen molar-refractivity contribution in [1.82, 2.24) is 0 Å². The fourth-order valence-corrected chi connectivity index (χ4v) is 4.26. The molecule has 0 radical (unpaired) electrons. The normalized spacial score (nSPS) is 17.9. The second kappa shape index (κ2) is 8.82. The topological polar surface area (TPSA) is 73.9 Å². The Hall–Kier alpha value is -2.60. The number of aliphatic hydroxyl groups is 1. The van der Waals surface area contributed by atoms with Crippen molar-refractivity contribution in [3.63, 3.8) is 0 Å². The number of hydrogen-bond donors (Lipinski definition) is 3. The predicted octanol–water partition coefficient (Wildman–Crippen LogP) is 3.59. The van der Waals surface area contributed by atoms with Gasteiger partial charge in [-0.15, -0.1) is 0 Å². The summed E-state index contributed by atoms with van der Waals surface area (Å²) in [5.74, 6) is 0.0937. The molecule has 6 heteroatoms. The molecular weight excluding hydrogens is 367 g/mol. The van der Waals surface area contributed by atoms with Crippen molar-refractivity contribution in [1.29, 1.82) is 0 Å². The number of fused-ring (bicyclic) bond motifs is 1. The minimum Gasteiger partial charge on any atom is -0.393 e. The summed E-state index contributed by atoms with van der Waals surface area (Å²) in [6.07, 6.45) is 5.70. The van der Waals surface area contributed by atoms with E-state index in [0.29, 0.717) is 44.1 Å². The van der Waals surface area contributed by atoms with Crippen LogP contribution in [0.5, 0.6) is 0 Å². The molecule has 0 bridgehead atoms. The van der Waals surface area contributed by atoms with E-state index in [2.05, 4.69) is 16.4 Å². The highest BCUT2D eigenvalue weighted by atomic mass is 19.1. The molecule has 0 amide bonds. The van der Waals surface area contributed by atoms with Crippen LogP contribution in [0.15, 0.2) is 41.4 Å². The van der Waals surface area contributed by atoms with Crippen LogP contribution in [0.3, 0.4) is 0 Å². The maximum Gasteiger partial charge on any atom is 0.193 e. The molecule has 1 fully saturated rings. The number of nitrogens with one attached hydrogen (secondary N) is 1. The average Bonchev–Trinajstić information content (AvgIpc) is 2.73. The zero-order valence-electron chi connectivity index (χ0n) is 16.7. The van der Waals surface area contributed by atoms with E-state index in [1.165, 1.54) is 30.0 Å². The Balaban J connectivity index is 1.40. The third-order valence-corrected chi connectivity index (χ3v) is 5.91. The van der Waals surface area contributed by atoms with Gasteiger partial charge in [-0.3, -0.25) is 0 Å². The Morgan fingerprint density at radius 1 is 1.17 bits per heavy atom. The second-order valence-corrected chi connectivity index (χ2v) is 7.98. The molecule has 2 aromatic carbocycles. The summed E-state index contributed by atoms with van der Waals surface area (Å²) in [6.45, 7) is 1.67. The van der Waals surface area contributed by atoms with E-state index in [4.69, 9.17) is 5.73 Å². The summed E-state index contributed by atoms with van der Waals surface area (Å²) >= 11 is 0. The fourth-order valence-electron chi connectivity index (χ4n) is 4.26. The first-order valence-electron chi connectivity index (χ1n) is 10.5. The number of benzene rings is 2. The average molecular weight is 397 g/mol. The molecule has 0 aromatic heterocycles. The molecule has 0 atom stereocenters. The molecule has 4 rings (SSSR count). The van der Waals surface area contributed by atoms with Crippen LogP contribution in [-0.2, 0) is 19.4 Å². The maximum absolute atomic E-state index is 14.6. The largest absolute Gasteiger partial charge is 0.393 e. The van der Waals surface area contributed by atoms with Crippen molar-refractivity contribution in [3.8, 4) is 0 Å². The van der Waals surface area contributed by atoms with Gasteiger partial charge in [0.25, 0.3) is 0 Å². The summed E-state index contributed by atoms with van der Waals surface area (Å²) in [5.41, 5.74) is 11.2. The lowest BCUT2D eigenvalue weighted by molar-refractivity contribution is 0.145. The molecular formula is C23H29FN4O. The van der Waals surface area contributed by atoms with Crippen molar-refractivity contribution in [2.75, 3.05) is 23.3 Å². The highest BCUT2D eigenvalue weighted by Gasteiger charge is 2.19. The Bertz CT molecular complexity index is 890. The standard InChI is InChI=1S/C23H29FN4O/c24-20-14-16(8-9-22(20)28-12-10-18(29)11-13-28)15-26-23(25)27-21-7-3-5-17-4-1-2-6-19(17)21/h3,5,7-9,14,18,29H,1-2,4,6,10-13,15H2,(H3,25,26,27).